The first-order valence-electron chi connectivity index (χ1n) is 7.79. The second kappa shape index (κ2) is 9.24. The Hall–Kier alpha value is -1.96. The van der Waals surface area contributed by atoms with Gasteiger partial charge in [-0.15, -0.1) is 0 Å². The first-order valence-corrected chi connectivity index (χ1v) is 8.84. The zero-order valence-corrected chi connectivity index (χ0v) is 14.5. The molecular formula is C15H25N7S. The van der Waals surface area contributed by atoms with Crippen LogP contribution in [0.25, 0.3) is 0 Å². The number of aromatic amines is 2. The number of H-pyrrole nitrogens is 2. The number of rotatable bonds is 9. The van der Waals surface area contributed by atoms with Crippen LogP contribution in [0.3, 0.4) is 0 Å². The zero-order valence-electron chi connectivity index (χ0n) is 13.6. The molecule has 0 saturated heterocycles. The van der Waals surface area contributed by atoms with E-state index >= 15 is 0 Å². The summed E-state index contributed by atoms with van der Waals surface area (Å²) in [7, 11) is 0. The van der Waals surface area contributed by atoms with Crippen LogP contribution in [0.15, 0.2) is 18.9 Å². The van der Waals surface area contributed by atoms with Gasteiger partial charge in [0, 0.05) is 36.0 Å². The number of nitrogens with one attached hydrogen (secondary N) is 5. The lowest BCUT2D eigenvalue weighted by Crippen LogP contribution is -2.39. The van der Waals surface area contributed by atoms with E-state index in [4.69, 9.17) is 5.41 Å². The van der Waals surface area contributed by atoms with E-state index in [9.17, 15) is 0 Å². The third-order valence-electron chi connectivity index (χ3n) is 3.47. The van der Waals surface area contributed by atoms with Gasteiger partial charge in [-0.3, -0.25) is 5.41 Å². The lowest BCUT2D eigenvalue weighted by molar-refractivity contribution is 0.728. The van der Waals surface area contributed by atoms with Gasteiger partial charge in [-0.2, -0.15) is 11.8 Å². The minimum Gasteiger partial charge on any atom is -0.357 e. The van der Waals surface area contributed by atoms with E-state index in [1.165, 1.54) is 0 Å². The van der Waals surface area contributed by atoms with E-state index in [1.807, 2.05) is 24.9 Å². The molecule has 0 spiro atoms. The zero-order chi connectivity index (χ0) is 16.5. The summed E-state index contributed by atoms with van der Waals surface area (Å²) in [4.78, 5) is 14.5. The van der Waals surface area contributed by atoms with Gasteiger partial charge in [0.05, 0.1) is 24.0 Å². The van der Waals surface area contributed by atoms with Crippen LogP contribution in [-0.4, -0.2) is 44.2 Å². The summed E-state index contributed by atoms with van der Waals surface area (Å²) < 4.78 is 0. The topological polar surface area (TPSA) is 105 Å². The standard InChI is InChI=1S/C15H25N7S/c1-11(23-8-14-12(2)20-10-22-14)6-19-15(16)18-5-3-4-13-7-17-9-21-13/h7,9-11H,3-6,8H2,1-2H3,(H,17,21)(H,20,22)(H3,16,18,19)/t11-/m0/s1. The van der Waals surface area contributed by atoms with Gasteiger partial charge >= 0.3 is 0 Å². The molecule has 0 aromatic carbocycles. The van der Waals surface area contributed by atoms with Crippen molar-refractivity contribution in [3.63, 3.8) is 0 Å². The molecule has 8 heteroatoms. The van der Waals surface area contributed by atoms with Gasteiger partial charge in [-0.05, 0) is 19.8 Å². The Bertz CT molecular complexity index is 578. The van der Waals surface area contributed by atoms with Crippen LogP contribution in [0.5, 0.6) is 0 Å². The molecule has 0 amide bonds. The first kappa shape index (κ1) is 17.4. The molecule has 7 nitrogen and oxygen atoms in total. The molecule has 0 aliphatic rings. The number of imidazole rings is 2. The molecule has 0 unspecified atom stereocenters. The summed E-state index contributed by atoms with van der Waals surface area (Å²) >= 11 is 1.84. The molecular weight excluding hydrogens is 310 g/mol. The summed E-state index contributed by atoms with van der Waals surface area (Å²) in [5.74, 6) is 1.28. The predicted molar refractivity (Wildman–Crippen MR) is 94.7 cm³/mol. The number of nitrogens with zero attached hydrogens (tertiary/aromatic N) is 2. The van der Waals surface area contributed by atoms with Gasteiger partial charge in [0.2, 0.25) is 0 Å². The van der Waals surface area contributed by atoms with Crippen molar-refractivity contribution in [3.8, 4) is 0 Å². The summed E-state index contributed by atoms with van der Waals surface area (Å²) in [6.45, 7) is 5.73. The minimum absolute atomic E-state index is 0.385. The highest BCUT2D eigenvalue weighted by Gasteiger charge is 2.07. The Morgan fingerprint density at radius 3 is 2.91 bits per heavy atom. The predicted octanol–water partition coefficient (Wildman–Crippen LogP) is 1.81. The van der Waals surface area contributed by atoms with E-state index in [1.54, 1.807) is 12.7 Å². The average molecular weight is 335 g/mol. The van der Waals surface area contributed by atoms with Gasteiger partial charge in [0.15, 0.2) is 5.96 Å². The maximum Gasteiger partial charge on any atom is 0.188 e. The summed E-state index contributed by atoms with van der Waals surface area (Å²) in [6.07, 6.45) is 7.20. The molecule has 1 atom stereocenters. The number of guanidine groups is 1. The van der Waals surface area contributed by atoms with Crippen molar-refractivity contribution in [1.82, 2.24) is 30.6 Å². The van der Waals surface area contributed by atoms with Crippen molar-refractivity contribution in [2.24, 2.45) is 0 Å². The van der Waals surface area contributed by atoms with E-state index in [2.05, 4.69) is 37.5 Å². The Morgan fingerprint density at radius 1 is 1.35 bits per heavy atom. The normalized spacial score (nSPS) is 12.1. The molecule has 0 aliphatic heterocycles. The van der Waals surface area contributed by atoms with Gasteiger partial charge in [0.1, 0.15) is 0 Å². The van der Waals surface area contributed by atoms with Crippen LogP contribution in [0, 0.1) is 12.3 Å². The van der Waals surface area contributed by atoms with Crippen molar-refractivity contribution in [2.45, 2.75) is 37.7 Å². The van der Waals surface area contributed by atoms with Gasteiger partial charge in [-0.25, -0.2) is 9.97 Å². The molecule has 0 aliphatic carbocycles. The SMILES string of the molecule is Cc1[nH]cnc1CS[C@@H](C)CNC(=N)NCCCc1c[nH]cn1. The van der Waals surface area contributed by atoms with E-state index < -0.39 is 0 Å². The Morgan fingerprint density at radius 2 is 2.22 bits per heavy atom. The lowest BCUT2D eigenvalue weighted by atomic mass is 10.2. The highest BCUT2D eigenvalue weighted by Crippen LogP contribution is 2.17. The molecule has 0 radical (unpaired) electrons. The molecule has 2 heterocycles. The lowest BCUT2D eigenvalue weighted by Gasteiger charge is -2.14. The second-order valence-electron chi connectivity index (χ2n) is 5.44. The van der Waals surface area contributed by atoms with Gasteiger partial charge < -0.3 is 20.6 Å². The fourth-order valence-corrected chi connectivity index (χ4v) is 2.97. The minimum atomic E-state index is 0.385. The van der Waals surface area contributed by atoms with E-state index in [0.717, 1.165) is 48.8 Å². The van der Waals surface area contributed by atoms with Crippen molar-refractivity contribution >= 4 is 17.7 Å². The highest BCUT2D eigenvalue weighted by atomic mass is 32.2. The summed E-state index contributed by atoms with van der Waals surface area (Å²) in [5.41, 5.74) is 3.29. The van der Waals surface area contributed by atoms with Crippen LogP contribution < -0.4 is 10.6 Å². The average Bonchev–Trinajstić information content (AvgIpc) is 3.19. The number of aryl methyl sites for hydroxylation is 2. The molecule has 0 fully saturated rings. The van der Waals surface area contributed by atoms with Crippen LogP contribution in [0.4, 0.5) is 0 Å². The Labute approximate surface area is 141 Å². The Kier molecular flexibility index (Phi) is 6.99. The van der Waals surface area contributed by atoms with Gasteiger partial charge in [0.25, 0.3) is 0 Å². The maximum atomic E-state index is 7.87. The molecule has 5 N–H and O–H groups in total. The molecule has 2 rings (SSSR count). The van der Waals surface area contributed by atoms with Crippen LogP contribution >= 0.6 is 11.8 Å². The summed E-state index contributed by atoms with van der Waals surface area (Å²) in [6, 6.07) is 0. The highest BCUT2D eigenvalue weighted by molar-refractivity contribution is 7.99. The van der Waals surface area contributed by atoms with Crippen LogP contribution in [0.1, 0.15) is 30.4 Å². The summed E-state index contributed by atoms with van der Waals surface area (Å²) in [5, 5.41) is 14.5. The number of thioether (sulfide) groups is 1. The molecule has 2 aromatic rings. The monoisotopic (exact) mass is 335 g/mol. The molecule has 0 saturated carbocycles. The number of aromatic nitrogens is 4. The van der Waals surface area contributed by atoms with Crippen molar-refractivity contribution in [3.05, 3.63) is 35.9 Å². The van der Waals surface area contributed by atoms with Crippen LogP contribution in [0.2, 0.25) is 0 Å². The largest absolute Gasteiger partial charge is 0.357 e. The number of hydrogen-bond donors (Lipinski definition) is 5. The van der Waals surface area contributed by atoms with Crippen molar-refractivity contribution < 1.29 is 0 Å². The van der Waals surface area contributed by atoms with Crippen LogP contribution in [-0.2, 0) is 12.2 Å². The maximum absolute atomic E-state index is 7.87. The number of hydrogen-bond acceptors (Lipinski definition) is 4. The van der Waals surface area contributed by atoms with Crippen molar-refractivity contribution in [1.29, 1.82) is 5.41 Å². The third kappa shape index (κ3) is 6.35. The molecule has 0 bridgehead atoms. The first-order chi connectivity index (χ1) is 11.1. The quantitative estimate of drug-likeness (QED) is 0.273. The molecule has 2 aromatic heterocycles. The second-order valence-corrected chi connectivity index (χ2v) is 6.87. The van der Waals surface area contributed by atoms with E-state index in [-0.39, 0.29) is 0 Å². The third-order valence-corrected chi connectivity index (χ3v) is 4.65. The molecule has 126 valence electrons. The Balaban J connectivity index is 1.52. The smallest absolute Gasteiger partial charge is 0.188 e. The molecule has 23 heavy (non-hydrogen) atoms. The van der Waals surface area contributed by atoms with Crippen molar-refractivity contribution in [2.75, 3.05) is 13.1 Å². The fraction of sp³-hybridized carbons (Fsp3) is 0.533. The fourth-order valence-electron chi connectivity index (χ4n) is 2.03. The van der Waals surface area contributed by atoms with Gasteiger partial charge in [-0.1, -0.05) is 6.92 Å². The van der Waals surface area contributed by atoms with E-state index in [0.29, 0.717) is 11.2 Å².